The van der Waals surface area contributed by atoms with Crippen molar-refractivity contribution in [3.8, 4) is 11.4 Å². The summed E-state index contributed by atoms with van der Waals surface area (Å²) in [6.45, 7) is 10.7. The molecule has 0 aliphatic carbocycles. The van der Waals surface area contributed by atoms with E-state index in [0.29, 0.717) is 17.0 Å². The Hall–Kier alpha value is -2.33. The monoisotopic (exact) mass is 510 g/mol. The first-order valence-electron chi connectivity index (χ1n) is 10.2. The predicted octanol–water partition coefficient (Wildman–Crippen LogP) is 6.07. The fourth-order valence-corrected chi connectivity index (χ4v) is 4.09. The number of aromatic nitrogens is 3. The number of nitrogens with one attached hydrogen (secondary N) is 1. The van der Waals surface area contributed by atoms with E-state index in [1.807, 2.05) is 0 Å². The van der Waals surface area contributed by atoms with Gasteiger partial charge in [0, 0.05) is 11.2 Å². The van der Waals surface area contributed by atoms with Crippen LogP contribution in [0.15, 0.2) is 41.1 Å². The smallest absolute Gasteiger partial charge is 0.307 e. The van der Waals surface area contributed by atoms with Gasteiger partial charge in [-0.15, -0.1) is 0 Å². The van der Waals surface area contributed by atoms with Gasteiger partial charge < -0.3 is 14.2 Å². The van der Waals surface area contributed by atoms with Gasteiger partial charge in [-0.25, -0.2) is 19.3 Å². The lowest BCUT2D eigenvalue weighted by molar-refractivity contribution is 0.0883. The van der Waals surface area contributed by atoms with Gasteiger partial charge >= 0.3 is 5.91 Å². The Morgan fingerprint density at radius 1 is 1.21 bits per heavy atom. The van der Waals surface area contributed by atoms with Crippen molar-refractivity contribution in [3.63, 3.8) is 0 Å². The summed E-state index contributed by atoms with van der Waals surface area (Å²) < 4.78 is 25.7. The van der Waals surface area contributed by atoms with Gasteiger partial charge in [0.15, 0.2) is 8.32 Å². The second-order valence-corrected chi connectivity index (χ2v) is 14.6. The zero-order valence-corrected chi connectivity index (χ0v) is 21.5. The molecule has 2 heterocycles. The number of amides is 1. The maximum atomic E-state index is 14.1. The second kappa shape index (κ2) is 9.88. The van der Waals surface area contributed by atoms with Crippen molar-refractivity contribution in [2.45, 2.75) is 44.9 Å². The summed E-state index contributed by atoms with van der Waals surface area (Å²) >= 11 is 11.9. The summed E-state index contributed by atoms with van der Waals surface area (Å²) in [5.74, 6) is -1.28. The molecule has 1 amide bonds. The molecule has 0 saturated carbocycles. The average molecular weight is 511 g/mol. The standard InChI is InChI=1S/C22H25Cl2FN4O3Si/c1-22(2,3)33(4,5)32-12-17(13-8-14(23)10-15(25)9-13)27-19(30)20-28-18(11-31-20)16-6-7-26-21(24)29-16/h6-11,17H,12H2,1-5H3,(H,27,30)/t17-/m1/s1. The molecule has 0 saturated heterocycles. The summed E-state index contributed by atoms with van der Waals surface area (Å²) in [5.41, 5.74) is 1.21. The molecular formula is C22H25Cl2FN4O3Si. The molecule has 0 radical (unpaired) electrons. The quantitative estimate of drug-likeness (QED) is 0.306. The van der Waals surface area contributed by atoms with E-state index in [0.717, 1.165) is 0 Å². The molecule has 2 aromatic heterocycles. The topological polar surface area (TPSA) is 90.1 Å². The van der Waals surface area contributed by atoms with E-state index >= 15 is 0 Å². The van der Waals surface area contributed by atoms with Crippen LogP contribution in [-0.2, 0) is 4.43 Å². The van der Waals surface area contributed by atoms with Crippen LogP contribution in [0.25, 0.3) is 11.4 Å². The molecule has 0 spiro atoms. The molecule has 33 heavy (non-hydrogen) atoms. The Kier molecular flexibility index (Phi) is 7.58. The molecule has 3 rings (SSSR count). The minimum absolute atomic E-state index is 0.0442. The van der Waals surface area contributed by atoms with Gasteiger partial charge in [-0.2, -0.15) is 0 Å². The number of oxazole rings is 1. The molecule has 0 aliphatic rings. The van der Waals surface area contributed by atoms with Crippen LogP contribution in [0.3, 0.4) is 0 Å². The third-order valence-corrected chi connectivity index (χ3v) is 10.5. The minimum atomic E-state index is -2.15. The first-order valence-corrected chi connectivity index (χ1v) is 13.9. The Morgan fingerprint density at radius 2 is 1.94 bits per heavy atom. The number of hydrogen-bond acceptors (Lipinski definition) is 6. The third-order valence-electron chi connectivity index (χ3n) is 5.60. The van der Waals surface area contributed by atoms with Crippen LogP contribution in [-0.4, -0.2) is 35.8 Å². The van der Waals surface area contributed by atoms with E-state index in [1.165, 1.54) is 24.6 Å². The first-order chi connectivity index (χ1) is 15.4. The highest BCUT2D eigenvalue weighted by Gasteiger charge is 2.38. The van der Waals surface area contributed by atoms with Crippen LogP contribution in [0, 0.1) is 5.82 Å². The number of carbonyl (C=O) groups is 1. The molecule has 1 atom stereocenters. The van der Waals surface area contributed by atoms with Crippen LogP contribution in [0.5, 0.6) is 0 Å². The van der Waals surface area contributed by atoms with E-state index in [2.05, 4.69) is 54.1 Å². The second-order valence-electron chi connectivity index (χ2n) is 9.05. The van der Waals surface area contributed by atoms with Crippen LogP contribution < -0.4 is 5.32 Å². The number of benzene rings is 1. The third kappa shape index (κ3) is 6.38. The lowest BCUT2D eigenvalue weighted by Crippen LogP contribution is -2.43. The number of nitrogens with zero attached hydrogens (tertiary/aromatic N) is 3. The fraction of sp³-hybridized carbons (Fsp3) is 0.364. The molecule has 7 nitrogen and oxygen atoms in total. The van der Waals surface area contributed by atoms with E-state index in [4.69, 9.17) is 32.0 Å². The molecule has 0 bridgehead atoms. The number of hydrogen-bond donors (Lipinski definition) is 1. The van der Waals surface area contributed by atoms with Gasteiger partial charge in [-0.3, -0.25) is 4.79 Å². The Morgan fingerprint density at radius 3 is 2.58 bits per heavy atom. The van der Waals surface area contributed by atoms with Crippen molar-refractivity contribution in [1.82, 2.24) is 20.3 Å². The van der Waals surface area contributed by atoms with Crippen LogP contribution in [0.1, 0.15) is 43.1 Å². The largest absolute Gasteiger partial charge is 0.440 e. The zero-order chi connectivity index (χ0) is 24.4. The van der Waals surface area contributed by atoms with Crippen molar-refractivity contribution in [1.29, 1.82) is 0 Å². The van der Waals surface area contributed by atoms with E-state index in [9.17, 15) is 9.18 Å². The van der Waals surface area contributed by atoms with Crippen LogP contribution in [0.4, 0.5) is 4.39 Å². The molecule has 0 unspecified atom stereocenters. The first kappa shape index (κ1) is 25.3. The Balaban J connectivity index is 1.84. The molecule has 3 aromatic rings. The highest BCUT2D eigenvalue weighted by atomic mass is 35.5. The molecular weight excluding hydrogens is 486 g/mol. The zero-order valence-electron chi connectivity index (χ0n) is 18.9. The van der Waals surface area contributed by atoms with Crippen molar-refractivity contribution in [2.75, 3.05) is 6.61 Å². The summed E-state index contributed by atoms with van der Waals surface area (Å²) in [4.78, 5) is 25.0. The Labute approximate surface area is 202 Å². The SMILES string of the molecule is CC(C)(C)[Si](C)(C)OC[C@@H](NC(=O)c1nc(-c2ccnc(Cl)n2)co1)c1cc(F)cc(Cl)c1. The van der Waals surface area contributed by atoms with Gasteiger partial charge in [-0.1, -0.05) is 32.4 Å². The van der Waals surface area contributed by atoms with Gasteiger partial charge in [0.1, 0.15) is 17.8 Å². The lowest BCUT2D eigenvalue weighted by atomic mass is 10.1. The molecule has 0 aliphatic heterocycles. The maximum Gasteiger partial charge on any atom is 0.307 e. The Bertz CT molecular complexity index is 1130. The van der Waals surface area contributed by atoms with Gasteiger partial charge in [-0.05, 0) is 59.6 Å². The lowest BCUT2D eigenvalue weighted by Gasteiger charge is -2.37. The predicted molar refractivity (Wildman–Crippen MR) is 127 cm³/mol. The summed E-state index contributed by atoms with van der Waals surface area (Å²) in [5, 5.41) is 3.04. The van der Waals surface area contributed by atoms with Crippen molar-refractivity contribution in [3.05, 3.63) is 64.3 Å². The summed E-state index contributed by atoms with van der Waals surface area (Å²) in [6, 6.07) is 5.02. The highest BCUT2D eigenvalue weighted by molar-refractivity contribution is 6.74. The van der Waals surface area contributed by atoms with Crippen LogP contribution >= 0.6 is 23.2 Å². The molecule has 1 aromatic carbocycles. The molecule has 1 N–H and O–H groups in total. The highest BCUT2D eigenvalue weighted by Crippen LogP contribution is 2.37. The van der Waals surface area contributed by atoms with Crippen molar-refractivity contribution in [2.24, 2.45) is 0 Å². The van der Waals surface area contributed by atoms with Gasteiger partial charge in [0.05, 0.1) is 18.3 Å². The van der Waals surface area contributed by atoms with Gasteiger partial charge in [0.25, 0.3) is 5.89 Å². The van der Waals surface area contributed by atoms with Gasteiger partial charge in [0.2, 0.25) is 5.28 Å². The number of carbonyl (C=O) groups excluding carboxylic acids is 1. The average Bonchev–Trinajstić information content (AvgIpc) is 3.20. The fourth-order valence-electron chi connectivity index (χ4n) is 2.70. The minimum Gasteiger partial charge on any atom is -0.440 e. The molecule has 11 heteroatoms. The van der Waals surface area contributed by atoms with E-state index in [1.54, 1.807) is 12.1 Å². The van der Waals surface area contributed by atoms with E-state index in [-0.39, 0.29) is 27.8 Å². The van der Waals surface area contributed by atoms with Crippen molar-refractivity contribution < 1.29 is 18.0 Å². The number of halogens is 3. The molecule has 0 fully saturated rings. The normalized spacial score (nSPS) is 13.1. The number of rotatable bonds is 7. The maximum absolute atomic E-state index is 14.1. The van der Waals surface area contributed by atoms with E-state index < -0.39 is 26.1 Å². The van der Waals surface area contributed by atoms with Crippen LogP contribution in [0.2, 0.25) is 28.4 Å². The van der Waals surface area contributed by atoms with Crippen molar-refractivity contribution >= 4 is 37.4 Å². The molecule has 176 valence electrons. The summed E-state index contributed by atoms with van der Waals surface area (Å²) in [6.07, 6.45) is 2.77. The summed E-state index contributed by atoms with van der Waals surface area (Å²) in [7, 11) is -2.15.